The van der Waals surface area contributed by atoms with Crippen LogP contribution in [0.1, 0.15) is 112 Å². The number of rotatable bonds is 9. The van der Waals surface area contributed by atoms with E-state index in [-0.39, 0.29) is 28.3 Å². The van der Waals surface area contributed by atoms with Crippen molar-refractivity contribution in [3.63, 3.8) is 0 Å². The van der Waals surface area contributed by atoms with Gasteiger partial charge in [0, 0.05) is 12.0 Å². The summed E-state index contributed by atoms with van der Waals surface area (Å²) in [6.45, 7) is 17.7. The SMILES string of the molecule is CCCCN1C(=O)c2cc3nn(-c4cc(C(C)(C)CC(C)(C)C)cc(C(C)(C)c5ccccc5)c4N=O)nc3cc2C1=O. The van der Waals surface area contributed by atoms with Crippen LogP contribution >= 0.6 is 0 Å². The Morgan fingerprint density at radius 3 is 1.88 bits per heavy atom. The Balaban J connectivity index is 1.71. The zero-order valence-electron chi connectivity index (χ0n) is 26.5. The minimum atomic E-state index is -0.554. The monoisotopic (exact) mass is 579 g/mol. The van der Waals surface area contributed by atoms with Crippen molar-refractivity contribution >= 4 is 28.5 Å². The molecule has 43 heavy (non-hydrogen) atoms. The molecule has 8 heteroatoms. The summed E-state index contributed by atoms with van der Waals surface area (Å²) >= 11 is 0. The van der Waals surface area contributed by atoms with Gasteiger partial charge in [0.15, 0.2) is 0 Å². The first-order valence-corrected chi connectivity index (χ1v) is 15.0. The van der Waals surface area contributed by atoms with E-state index < -0.39 is 5.41 Å². The summed E-state index contributed by atoms with van der Waals surface area (Å²) in [4.78, 5) is 41.6. The third-order valence-corrected chi connectivity index (χ3v) is 8.53. The summed E-state index contributed by atoms with van der Waals surface area (Å²) in [7, 11) is 0. The number of unbranched alkanes of at least 4 members (excludes halogenated alkanes) is 1. The third kappa shape index (κ3) is 5.51. The first-order chi connectivity index (χ1) is 20.2. The van der Waals surface area contributed by atoms with Gasteiger partial charge < -0.3 is 0 Å². The average molecular weight is 580 g/mol. The Morgan fingerprint density at radius 1 is 0.791 bits per heavy atom. The number of amides is 2. The number of aromatic nitrogens is 3. The lowest BCUT2D eigenvalue weighted by Gasteiger charge is -2.35. The van der Waals surface area contributed by atoms with Gasteiger partial charge in [-0.2, -0.15) is 0 Å². The second-order valence-electron chi connectivity index (χ2n) is 14.1. The lowest BCUT2D eigenvalue weighted by atomic mass is 9.70. The van der Waals surface area contributed by atoms with Gasteiger partial charge in [-0.25, -0.2) is 0 Å². The molecule has 0 bridgehead atoms. The fraction of sp³-hybridized carbons (Fsp3) is 0.429. The molecule has 5 rings (SSSR count). The van der Waals surface area contributed by atoms with E-state index >= 15 is 0 Å². The summed E-state index contributed by atoms with van der Waals surface area (Å²) < 4.78 is 0. The van der Waals surface area contributed by atoms with E-state index in [1.165, 1.54) is 9.70 Å². The zero-order chi connectivity index (χ0) is 31.3. The van der Waals surface area contributed by atoms with Crippen LogP contribution < -0.4 is 0 Å². The van der Waals surface area contributed by atoms with Gasteiger partial charge in [-0.15, -0.1) is 19.9 Å². The van der Waals surface area contributed by atoms with Crippen molar-refractivity contribution < 1.29 is 9.59 Å². The van der Waals surface area contributed by atoms with Crippen molar-refractivity contribution in [3.05, 3.63) is 87.3 Å². The van der Waals surface area contributed by atoms with Gasteiger partial charge in [-0.05, 0) is 63.7 Å². The number of fused-ring (bicyclic) bond motifs is 2. The minimum absolute atomic E-state index is 0.0592. The van der Waals surface area contributed by atoms with E-state index in [1.807, 2.05) is 31.2 Å². The molecule has 0 fully saturated rings. The van der Waals surface area contributed by atoms with Gasteiger partial charge in [0.05, 0.1) is 11.1 Å². The summed E-state index contributed by atoms with van der Waals surface area (Å²) in [5.41, 5.74) is 4.47. The van der Waals surface area contributed by atoms with Crippen molar-refractivity contribution in [1.82, 2.24) is 19.9 Å². The fourth-order valence-electron chi connectivity index (χ4n) is 6.50. The van der Waals surface area contributed by atoms with E-state index in [2.05, 4.69) is 71.8 Å². The molecule has 2 heterocycles. The van der Waals surface area contributed by atoms with Crippen LogP contribution in [0.15, 0.2) is 59.8 Å². The molecule has 3 aromatic carbocycles. The Hall–Kier alpha value is -4.20. The first-order valence-electron chi connectivity index (χ1n) is 15.0. The molecular formula is C35H41N5O3. The smallest absolute Gasteiger partial charge is 0.261 e. The van der Waals surface area contributed by atoms with E-state index in [0.29, 0.717) is 34.4 Å². The molecule has 0 unspecified atom stereocenters. The molecule has 0 radical (unpaired) electrons. The molecule has 1 aromatic heterocycles. The van der Waals surface area contributed by atoms with E-state index in [9.17, 15) is 14.5 Å². The van der Waals surface area contributed by atoms with Crippen LogP contribution in [0.4, 0.5) is 5.69 Å². The molecule has 0 atom stereocenters. The van der Waals surface area contributed by atoms with Gasteiger partial charge in [0.2, 0.25) is 0 Å². The highest BCUT2D eigenvalue weighted by Crippen LogP contribution is 2.45. The van der Waals surface area contributed by atoms with E-state index in [1.54, 1.807) is 12.1 Å². The Bertz CT molecular complexity index is 1670. The number of nitrogens with zero attached hydrogens (tertiary/aromatic N) is 5. The van der Waals surface area contributed by atoms with Gasteiger partial charge in [-0.3, -0.25) is 14.5 Å². The summed E-state index contributed by atoms with van der Waals surface area (Å²) in [5.74, 6) is -0.615. The van der Waals surface area contributed by atoms with Crippen molar-refractivity contribution in [3.8, 4) is 5.69 Å². The average Bonchev–Trinajstić information content (AvgIpc) is 3.47. The maximum absolute atomic E-state index is 13.1. The topological polar surface area (TPSA) is 97.5 Å². The number of hydrogen-bond acceptors (Lipinski definition) is 6. The highest BCUT2D eigenvalue weighted by Gasteiger charge is 2.37. The molecule has 4 aromatic rings. The molecule has 0 spiro atoms. The second-order valence-corrected chi connectivity index (χ2v) is 14.1. The number of imide groups is 1. The standard InChI is InChI=1S/C35H41N5O3/c1-9-10-16-39-31(41)24-19-27-28(20-25(24)32(39)42)37-40(36-27)29-18-23(34(5,6)21-33(2,3)4)17-26(30(29)38-43)35(7,8)22-14-12-11-13-15-22/h11-15,17-20H,9-10,16,21H2,1-8H3. The van der Waals surface area contributed by atoms with E-state index in [0.717, 1.165) is 36.0 Å². The van der Waals surface area contributed by atoms with Crippen LogP contribution in [0.25, 0.3) is 16.7 Å². The number of carbonyl (C=O) groups is 2. The lowest BCUT2D eigenvalue weighted by molar-refractivity contribution is 0.0652. The molecule has 0 N–H and O–H groups in total. The maximum Gasteiger partial charge on any atom is 0.261 e. The normalized spacial score (nSPS) is 14.1. The molecular weight excluding hydrogens is 538 g/mol. The Kier molecular flexibility index (Phi) is 7.61. The van der Waals surface area contributed by atoms with Gasteiger partial charge in [0.25, 0.3) is 11.8 Å². The molecule has 2 amide bonds. The minimum Gasteiger partial charge on any atom is -0.274 e. The highest BCUT2D eigenvalue weighted by molar-refractivity contribution is 6.22. The van der Waals surface area contributed by atoms with Crippen LogP contribution in [0.3, 0.4) is 0 Å². The van der Waals surface area contributed by atoms with Crippen LogP contribution in [0.2, 0.25) is 0 Å². The molecule has 1 aliphatic heterocycles. The van der Waals surface area contributed by atoms with Crippen LogP contribution in [0, 0.1) is 10.3 Å². The molecule has 224 valence electrons. The quantitative estimate of drug-likeness (QED) is 0.147. The largest absolute Gasteiger partial charge is 0.274 e. The summed E-state index contributed by atoms with van der Waals surface area (Å²) in [5, 5.41) is 13.0. The van der Waals surface area contributed by atoms with Gasteiger partial charge >= 0.3 is 0 Å². The van der Waals surface area contributed by atoms with Crippen LogP contribution in [-0.2, 0) is 10.8 Å². The molecule has 0 saturated heterocycles. The molecule has 1 aliphatic rings. The zero-order valence-corrected chi connectivity index (χ0v) is 26.5. The van der Waals surface area contributed by atoms with Crippen LogP contribution in [-0.4, -0.2) is 38.3 Å². The number of benzene rings is 3. The summed E-state index contributed by atoms with van der Waals surface area (Å²) in [6, 6.07) is 17.4. The van der Waals surface area contributed by atoms with Crippen molar-refractivity contribution in [2.75, 3.05) is 6.54 Å². The number of nitroso groups, excluding NO2 is 1. The Labute approximate surface area is 253 Å². The lowest BCUT2D eigenvalue weighted by Crippen LogP contribution is -2.30. The predicted octanol–water partition coefficient (Wildman–Crippen LogP) is 8.25. The molecule has 0 aliphatic carbocycles. The van der Waals surface area contributed by atoms with Crippen LogP contribution in [0.5, 0.6) is 0 Å². The predicted molar refractivity (Wildman–Crippen MR) is 170 cm³/mol. The van der Waals surface area contributed by atoms with Gasteiger partial charge in [0.1, 0.15) is 22.4 Å². The molecule has 8 nitrogen and oxygen atoms in total. The fourth-order valence-corrected chi connectivity index (χ4v) is 6.50. The third-order valence-electron chi connectivity index (χ3n) is 8.53. The first kappa shape index (κ1) is 30.3. The number of hydrogen-bond donors (Lipinski definition) is 0. The maximum atomic E-state index is 13.1. The Morgan fingerprint density at radius 2 is 1.37 bits per heavy atom. The second kappa shape index (κ2) is 10.8. The number of carbonyl (C=O) groups excluding carboxylic acids is 2. The molecule has 0 saturated carbocycles. The highest BCUT2D eigenvalue weighted by atomic mass is 16.3. The van der Waals surface area contributed by atoms with Crippen molar-refractivity contribution in [2.45, 2.75) is 85.5 Å². The van der Waals surface area contributed by atoms with Crippen molar-refractivity contribution in [2.24, 2.45) is 10.6 Å². The summed E-state index contributed by atoms with van der Waals surface area (Å²) in [6.07, 6.45) is 2.53. The van der Waals surface area contributed by atoms with E-state index in [4.69, 9.17) is 10.2 Å². The van der Waals surface area contributed by atoms with Gasteiger partial charge in [-0.1, -0.05) is 98.2 Å². The van der Waals surface area contributed by atoms with Crippen molar-refractivity contribution in [1.29, 1.82) is 0 Å².